The quantitative estimate of drug-likeness (QED) is 0.648. The van der Waals surface area contributed by atoms with Gasteiger partial charge in [-0.15, -0.1) is 0 Å². The van der Waals surface area contributed by atoms with Crippen molar-refractivity contribution in [2.75, 3.05) is 25.6 Å². The molecule has 1 rings (SSSR count). The van der Waals surface area contributed by atoms with Crippen molar-refractivity contribution in [2.24, 2.45) is 5.92 Å². The van der Waals surface area contributed by atoms with E-state index in [2.05, 4.69) is 21.2 Å². The van der Waals surface area contributed by atoms with Gasteiger partial charge >= 0.3 is 0 Å². The van der Waals surface area contributed by atoms with Crippen LogP contribution in [0.3, 0.4) is 0 Å². The molecule has 1 atom stereocenters. The second kappa shape index (κ2) is 6.56. The van der Waals surface area contributed by atoms with E-state index in [1.165, 1.54) is 12.1 Å². The van der Waals surface area contributed by atoms with E-state index in [-0.39, 0.29) is 5.69 Å². The molecule has 0 bridgehead atoms. The molecule has 0 aliphatic carbocycles. The second-order valence-electron chi connectivity index (χ2n) is 3.86. The number of nitro benzene ring substituents is 1. The number of methoxy groups -OCH3 is 1. The summed E-state index contributed by atoms with van der Waals surface area (Å²) in [7, 11) is 1.65. The Hall–Kier alpha value is -1.14. The molecule has 0 aromatic heterocycles. The van der Waals surface area contributed by atoms with Crippen LogP contribution in [0.15, 0.2) is 22.7 Å². The Morgan fingerprint density at radius 2 is 2.29 bits per heavy atom. The average Bonchev–Trinajstić information content (AvgIpc) is 2.28. The van der Waals surface area contributed by atoms with Gasteiger partial charge < -0.3 is 10.1 Å². The largest absolute Gasteiger partial charge is 0.384 e. The lowest BCUT2D eigenvalue weighted by molar-refractivity contribution is -0.384. The molecule has 5 nitrogen and oxygen atoms in total. The van der Waals surface area contributed by atoms with Gasteiger partial charge in [0, 0.05) is 30.3 Å². The molecule has 0 saturated heterocycles. The summed E-state index contributed by atoms with van der Waals surface area (Å²) in [6.07, 6.45) is 0. The van der Waals surface area contributed by atoms with Crippen LogP contribution < -0.4 is 5.32 Å². The SMILES string of the molecule is COCC(C)CNc1cc([N+](=O)[O-])ccc1Br. The number of rotatable bonds is 6. The summed E-state index contributed by atoms with van der Waals surface area (Å²) in [5, 5.41) is 13.8. The number of non-ortho nitro benzene ring substituents is 1. The topological polar surface area (TPSA) is 64.4 Å². The predicted octanol–water partition coefficient (Wildman–Crippen LogP) is 3.05. The number of anilines is 1. The zero-order chi connectivity index (χ0) is 12.8. The molecule has 1 aromatic rings. The third kappa shape index (κ3) is 4.32. The van der Waals surface area contributed by atoms with Gasteiger partial charge in [-0.3, -0.25) is 10.1 Å². The van der Waals surface area contributed by atoms with Gasteiger partial charge in [-0.2, -0.15) is 0 Å². The van der Waals surface area contributed by atoms with Gasteiger partial charge in [0.2, 0.25) is 0 Å². The summed E-state index contributed by atoms with van der Waals surface area (Å²) < 4.78 is 5.84. The van der Waals surface area contributed by atoms with Crippen molar-refractivity contribution in [1.82, 2.24) is 0 Å². The van der Waals surface area contributed by atoms with Crippen LogP contribution >= 0.6 is 15.9 Å². The fourth-order valence-corrected chi connectivity index (χ4v) is 1.78. The molecule has 6 heteroatoms. The smallest absolute Gasteiger partial charge is 0.271 e. The van der Waals surface area contributed by atoms with E-state index in [9.17, 15) is 10.1 Å². The number of nitrogens with one attached hydrogen (secondary N) is 1. The van der Waals surface area contributed by atoms with E-state index in [0.717, 1.165) is 10.2 Å². The fourth-order valence-electron chi connectivity index (χ4n) is 1.39. The lowest BCUT2D eigenvalue weighted by atomic mass is 10.2. The number of ether oxygens (including phenoxy) is 1. The van der Waals surface area contributed by atoms with Gasteiger partial charge in [-0.05, 0) is 27.9 Å². The summed E-state index contributed by atoms with van der Waals surface area (Å²) in [5.41, 5.74) is 0.803. The van der Waals surface area contributed by atoms with E-state index >= 15 is 0 Å². The lowest BCUT2D eigenvalue weighted by Gasteiger charge is -2.13. The molecular weight excluding hydrogens is 288 g/mol. The maximum Gasteiger partial charge on any atom is 0.271 e. The summed E-state index contributed by atoms with van der Waals surface area (Å²) in [6.45, 7) is 3.40. The van der Waals surface area contributed by atoms with Crippen LogP contribution in [0.1, 0.15) is 6.92 Å². The predicted molar refractivity (Wildman–Crippen MR) is 70.3 cm³/mol. The first-order chi connectivity index (χ1) is 8.04. The molecule has 1 aromatic carbocycles. The molecule has 1 N–H and O–H groups in total. The van der Waals surface area contributed by atoms with Crippen LogP contribution in [-0.2, 0) is 4.74 Å². The lowest BCUT2D eigenvalue weighted by Crippen LogP contribution is -2.16. The number of hydrogen-bond donors (Lipinski definition) is 1. The molecule has 0 spiro atoms. The Balaban J connectivity index is 2.69. The van der Waals surface area contributed by atoms with Crippen LogP contribution in [0.5, 0.6) is 0 Å². The molecule has 0 saturated carbocycles. The molecule has 0 fully saturated rings. The van der Waals surface area contributed by atoms with Gasteiger partial charge in [0.15, 0.2) is 0 Å². The third-order valence-electron chi connectivity index (χ3n) is 2.25. The van der Waals surface area contributed by atoms with Crippen molar-refractivity contribution in [2.45, 2.75) is 6.92 Å². The molecular formula is C11H15BrN2O3. The number of hydrogen-bond acceptors (Lipinski definition) is 4. The Kier molecular flexibility index (Phi) is 5.37. The van der Waals surface area contributed by atoms with Crippen molar-refractivity contribution in [3.63, 3.8) is 0 Å². The third-order valence-corrected chi connectivity index (χ3v) is 2.94. The monoisotopic (exact) mass is 302 g/mol. The number of halogens is 1. The standard InChI is InChI=1S/C11H15BrN2O3/c1-8(7-17-2)6-13-11-5-9(14(15)16)3-4-10(11)12/h3-5,8,13H,6-7H2,1-2H3. The van der Waals surface area contributed by atoms with Gasteiger partial charge in [-0.25, -0.2) is 0 Å². The number of nitrogens with zero attached hydrogens (tertiary/aromatic N) is 1. The van der Waals surface area contributed by atoms with E-state index in [0.29, 0.717) is 19.1 Å². The highest BCUT2D eigenvalue weighted by molar-refractivity contribution is 9.10. The highest BCUT2D eigenvalue weighted by atomic mass is 79.9. The average molecular weight is 303 g/mol. The van der Waals surface area contributed by atoms with Crippen molar-refractivity contribution in [1.29, 1.82) is 0 Å². The minimum absolute atomic E-state index is 0.0788. The molecule has 0 amide bonds. The van der Waals surface area contributed by atoms with Crippen molar-refractivity contribution < 1.29 is 9.66 Å². The zero-order valence-electron chi connectivity index (χ0n) is 9.77. The normalized spacial score (nSPS) is 12.2. The first-order valence-corrected chi connectivity index (χ1v) is 6.00. The van der Waals surface area contributed by atoms with Crippen LogP contribution in [0.2, 0.25) is 0 Å². The van der Waals surface area contributed by atoms with Gasteiger partial charge in [0.05, 0.1) is 17.2 Å². The highest BCUT2D eigenvalue weighted by Gasteiger charge is 2.10. The Labute approximate surface area is 108 Å². The number of nitro groups is 1. The summed E-state index contributed by atoms with van der Waals surface area (Å²) in [4.78, 5) is 10.2. The fraction of sp³-hybridized carbons (Fsp3) is 0.455. The first-order valence-electron chi connectivity index (χ1n) is 5.21. The van der Waals surface area contributed by atoms with Crippen LogP contribution in [0.25, 0.3) is 0 Å². The molecule has 1 unspecified atom stereocenters. The maximum absolute atomic E-state index is 10.6. The van der Waals surface area contributed by atoms with Crippen molar-refractivity contribution >= 4 is 27.3 Å². The van der Waals surface area contributed by atoms with Crippen molar-refractivity contribution in [3.05, 3.63) is 32.8 Å². The van der Waals surface area contributed by atoms with E-state index in [4.69, 9.17) is 4.74 Å². The molecule has 0 radical (unpaired) electrons. The summed E-state index contributed by atoms with van der Waals surface area (Å²) >= 11 is 3.35. The highest BCUT2D eigenvalue weighted by Crippen LogP contribution is 2.27. The van der Waals surface area contributed by atoms with Gasteiger partial charge in [-0.1, -0.05) is 6.92 Å². The van der Waals surface area contributed by atoms with E-state index in [1.54, 1.807) is 13.2 Å². The number of benzene rings is 1. The maximum atomic E-state index is 10.6. The Morgan fingerprint density at radius 3 is 2.88 bits per heavy atom. The minimum Gasteiger partial charge on any atom is -0.384 e. The molecule has 0 aliphatic rings. The first kappa shape index (κ1) is 13.9. The zero-order valence-corrected chi connectivity index (χ0v) is 11.4. The van der Waals surface area contributed by atoms with Crippen LogP contribution in [-0.4, -0.2) is 25.2 Å². The van der Waals surface area contributed by atoms with Crippen LogP contribution in [0, 0.1) is 16.0 Å². The van der Waals surface area contributed by atoms with Crippen LogP contribution in [0.4, 0.5) is 11.4 Å². The second-order valence-corrected chi connectivity index (χ2v) is 4.72. The molecule has 0 heterocycles. The van der Waals surface area contributed by atoms with E-state index in [1.807, 2.05) is 6.92 Å². The molecule has 17 heavy (non-hydrogen) atoms. The minimum atomic E-state index is -0.407. The summed E-state index contributed by atoms with van der Waals surface area (Å²) in [5.74, 6) is 0.339. The Morgan fingerprint density at radius 1 is 1.59 bits per heavy atom. The van der Waals surface area contributed by atoms with E-state index < -0.39 is 4.92 Å². The molecule has 94 valence electrons. The van der Waals surface area contributed by atoms with Gasteiger partial charge in [0.25, 0.3) is 5.69 Å². The summed E-state index contributed by atoms with van der Waals surface area (Å²) in [6, 6.07) is 4.65. The Bertz CT molecular complexity index is 398. The molecule has 0 aliphatic heterocycles. The van der Waals surface area contributed by atoms with Gasteiger partial charge in [0.1, 0.15) is 0 Å². The van der Waals surface area contributed by atoms with Crippen molar-refractivity contribution in [3.8, 4) is 0 Å².